The lowest BCUT2D eigenvalue weighted by atomic mass is 9.79. The lowest BCUT2D eigenvalue weighted by molar-refractivity contribution is -0.00373. The molecule has 1 fully saturated rings. The summed E-state index contributed by atoms with van der Waals surface area (Å²) in [5.41, 5.74) is 0.412. The average Bonchev–Trinajstić information content (AvgIpc) is 2.36. The molecule has 0 amide bonds. The second-order valence-corrected chi connectivity index (χ2v) is 6.12. The molecular formula is C14H21BrN2O. The minimum atomic E-state index is -0.563. The lowest BCUT2D eigenvalue weighted by Crippen LogP contribution is -2.42. The Morgan fingerprint density at radius 1 is 1.44 bits per heavy atom. The highest BCUT2D eigenvalue weighted by molar-refractivity contribution is 9.10. The van der Waals surface area contributed by atoms with E-state index in [-0.39, 0.29) is 0 Å². The fourth-order valence-electron chi connectivity index (χ4n) is 2.67. The van der Waals surface area contributed by atoms with Crippen LogP contribution in [-0.2, 0) is 6.42 Å². The summed E-state index contributed by atoms with van der Waals surface area (Å²) in [5.74, 6) is 0. The van der Waals surface area contributed by atoms with Crippen LogP contribution in [0.4, 0.5) is 0 Å². The number of nitrogens with zero attached hydrogens (tertiary/aromatic N) is 1. The van der Waals surface area contributed by atoms with Gasteiger partial charge in [0, 0.05) is 28.8 Å². The van der Waals surface area contributed by atoms with Gasteiger partial charge in [0.1, 0.15) is 0 Å². The summed E-state index contributed by atoms with van der Waals surface area (Å²) in [6, 6.07) is 4.54. The maximum atomic E-state index is 10.6. The molecule has 0 aliphatic heterocycles. The van der Waals surface area contributed by atoms with Gasteiger partial charge in [0.15, 0.2) is 0 Å². The molecule has 1 saturated carbocycles. The van der Waals surface area contributed by atoms with E-state index in [0.29, 0.717) is 12.5 Å². The molecule has 1 aliphatic carbocycles. The summed E-state index contributed by atoms with van der Waals surface area (Å²) in [6.45, 7) is 3.14. The highest BCUT2D eigenvalue weighted by Gasteiger charge is 2.33. The Morgan fingerprint density at radius 2 is 2.17 bits per heavy atom. The Morgan fingerprint density at radius 3 is 2.72 bits per heavy atom. The summed E-state index contributed by atoms with van der Waals surface area (Å²) in [7, 11) is 0. The summed E-state index contributed by atoms with van der Waals surface area (Å²) in [5, 5.41) is 14.1. The molecule has 0 saturated heterocycles. The molecule has 1 heterocycles. The molecule has 0 spiro atoms. The zero-order chi connectivity index (χ0) is 13.0. The second-order valence-electron chi connectivity index (χ2n) is 5.20. The predicted molar refractivity (Wildman–Crippen MR) is 76.5 cm³/mol. The monoisotopic (exact) mass is 312 g/mol. The van der Waals surface area contributed by atoms with Gasteiger partial charge in [0.25, 0.3) is 0 Å². The fourth-order valence-corrected chi connectivity index (χ4v) is 2.91. The van der Waals surface area contributed by atoms with Gasteiger partial charge in [-0.25, -0.2) is 0 Å². The zero-order valence-corrected chi connectivity index (χ0v) is 12.4. The van der Waals surface area contributed by atoms with Gasteiger partial charge in [-0.1, -0.05) is 6.92 Å². The minimum absolute atomic E-state index is 0.563. The number of hydrogen-bond donors (Lipinski definition) is 2. The third-order valence-electron chi connectivity index (χ3n) is 3.71. The Bertz CT molecular complexity index is 372. The van der Waals surface area contributed by atoms with Crippen molar-refractivity contribution in [2.75, 3.05) is 6.54 Å². The fraction of sp³-hybridized carbons (Fsp3) is 0.643. The van der Waals surface area contributed by atoms with E-state index in [1.807, 2.05) is 12.1 Å². The van der Waals surface area contributed by atoms with E-state index in [1.165, 1.54) is 0 Å². The zero-order valence-electron chi connectivity index (χ0n) is 10.8. The number of pyridine rings is 1. The van der Waals surface area contributed by atoms with Crippen molar-refractivity contribution in [3.05, 3.63) is 28.5 Å². The topological polar surface area (TPSA) is 45.1 Å². The first-order chi connectivity index (χ1) is 8.61. The largest absolute Gasteiger partial charge is 0.389 e. The number of aromatic nitrogens is 1. The molecule has 100 valence electrons. The molecular weight excluding hydrogens is 292 g/mol. The van der Waals surface area contributed by atoms with Gasteiger partial charge < -0.3 is 10.4 Å². The van der Waals surface area contributed by atoms with Crippen molar-refractivity contribution in [3.63, 3.8) is 0 Å². The minimum Gasteiger partial charge on any atom is -0.389 e. The van der Waals surface area contributed by atoms with Crippen LogP contribution < -0.4 is 5.32 Å². The average molecular weight is 313 g/mol. The molecule has 1 aliphatic rings. The number of rotatable bonds is 4. The van der Waals surface area contributed by atoms with Crippen LogP contribution in [0.5, 0.6) is 0 Å². The number of nitrogens with one attached hydrogen (secondary N) is 1. The van der Waals surface area contributed by atoms with E-state index >= 15 is 0 Å². The number of aliphatic hydroxyl groups is 1. The van der Waals surface area contributed by atoms with Crippen LogP contribution in [0.1, 0.15) is 38.3 Å². The van der Waals surface area contributed by atoms with Gasteiger partial charge in [-0.2, -0.15) is 0 Å². The van der Waals surface area contributed by atoms with Gasteiger partial charge in [-0.05, 0) is 60.3 Å². The summed E-state index contributed by atoms with van der Waals surface area (Å²) in [4.78, 5) is 4.35. The first-order valence-corrected chi connectivity index (χ1v) is 7.47. The molecule has 0 bridgehead atoms. The molecule has 1 aromatic rings. The molecule has 3 nitrogen and oxygen atoms in total. The summed E-state index contributed by atoms with van der Waals surface area (Å²) in [6.07, 6.45) is 6.30. The highest BCUT2D eigenvalue weighted by atomic mass is 79.9. The van der Waals surface area contributed by atoms with Crippen molar-refractivity contribution >= 4 is 15.9 Å². The maximum Gasteiger partial charge on any atom is 0.0704 e. The van der Waals surface area contributed by atoms with Crippen molar-refractivity contribution in [2.45, 2.75) is 50.7 Å². The first-order valence-electron chi connectivity index (χ1n) is 6.67. The maximum absolute atomic E-state index is 10.6. The third kappa shape index (κ3) is 3.77. The van der Waals surface area contributed by atoms with Crippen LogP contribution in [-0.4, -0.2) is 28.3 Å². The van der Waals surface area contributed by atoms with E-state index in [2.05, 4.69) is 33.2 Å². The first kappa shape index (κ1) is 14.0. The Kier molecular flexibility index (Phi) is 4.76. The van der Waals surface area contributed by atoms with Crippen LogP contribution in [0.25, 0.3) is 0 Å². The van der Waals surface area contributed by atoms with Gasteiger partial charge in [0.05, 0.1) is 5.60 Å². The van der Waals surface area contributed by atoms with E-state index in [1.54, 1.807) is 6.20 Å². The summed E-state index contributed by atoms with van der Waals surface area (Å²) >= 11 is 3.38. The van der Waals surface area contributed by atoms with Crippen LogP contribution >= 0.6 is 15.9 Å². The standard InChI is InChI=1S/C14H21BrN2O/c1-2-16-12-5-7-14(18,8-6-12)9-13-4-3-11(15)10-17-13/h3-4,10,12,16,18H,2,5-9H2,1H3. The van der Waals surface area contributed by atoms with Crippen molar-refractivity contribution < 1.29 is 5.11 Å². The van der Waals surface area contributed by atoms with Crippen molar-refractivity contribution in [2.24, 2.45) is 0 Å². The normalized spacial score (nSPS) is 28.3. The van der Waals surface area contributed by atoms with Crippen LogP contribution in [0.2, 0.25) is 0 Å². The summed E-state index contributed by atoms with van der Waals surface area (Å²) < 4.78 is 0.981. The van der Waals surface area contributed by atoms with E-state index in [0.717, 1.165) is 42.4 Å². The molecule has 1 aromatic heterocycles. The second kappa shape index (κ2) is 6.13. The van der Waals surface area contributed by atoms with Crippen LogP contribution in [0.3, 0.4) is 0 Å². The molecule has 2 N–H and O–H groups in total. The number of halogens is 1. The Hall–Kier alpha value is -0.450. The third-order valence-corrected chi connectivity index (χ3v) is 4.18. The van der Waals surface area contributed by atoms with E-state index < -0.39 is 5.60 Å². The Balaban J connectivity index is 1.91. The smallest absolute Gasteiger partial charge is 0.0704 e. The van der Waals surface area contributed by atoms with Gasteiger partial charge in [-0.3, -0.25) is 4.98 Å². The number of hydrogen-bond acceptors (Lipinski definition) is 3. The molecule has 0 atom stereocenters. The SMILES string of the molecule is CCNC1CCC(O)(Cc2ccc(Br)cn2)CC1. The van der Waals surface area contributed by atoms with Crippen molar-refractivity contribution in [1.82, 2.24) is 10.3 Å². The lowest BCUT2D eigenvalue weighted by Gasteiger charge is -2.36. The quantitative estimate of drug-likeness (QED) is 0.898. The molecule has 0 unspecified atom stereocenters. The van der Waals surface area contributed by atoms with Crippen molar-refractivity contribution in [3.8, 4) is 0 Å². The predicted octanol–water partition coefficient (Wildman–Crippen LogP) is 2.67. The molecule has 2 rings (SSSR count). The molecule has 0 aromatic carbocycles. The van der Waals surface area contributed by atoms with E-state index in [4.69, 9.17) is 0 Å². The van der Waals surface area contributed by atoms with Gasteiger partial charge in [-0.15, -0.1) is 0 Å². The van der Waals surface area contributed by atoms with Gasteiger partial charge >= 0.3 is 0 Å². The van der Waals surface area contributed by atoms with Crippen LogP contribution in [0.15, 0.2) is 22.8 Å². The Labute approximate surface area is 117 Å². The molecule has 0 radical (unpaired) electrons. The van der Waals surface area contributed by atoms with Gasteiger partial charge in [0.2, 0.25) is 0 Å². The highest BCUT2D eigenvalue weighted by Crippen LogP contribution is 2.31. The molecule has 4 heteroatoms. The van der Waals surface area contributed by atoms with Crippen molar-refractivity contribution in [1.29, 1.82) is 0 Å². The van der Waals surface area contributed by atoms with Crippen LogP contribution in [0, 0.1) is 0 Å². The molecule has 18 heavy (non-hydrogen) atoms. The van der Waals surface area contributed by atoms with E-state index in [9.17, 15) is 5.11 Å².